The largest absolute Gasteiger partial charge is 0.508 e. The van der Waals surface area contributed by atoms with Crippen molar-refractivity contribution >= 4 is 5.69 Å². The minimum atomic E-state index is -0.125. The summed E-state index contributed by atoms with van der Waals surface area (Å²) in [5.74, 6) is 0.321. The molecule has 2 atom stereocenters. The summed E-state index contributed by atoms with van der Waals surface area (Å²) in [6.45, 7) is 6.57. The van der Waals surface area contributed by atoms with Gasteiger partial charge in [0.1, 0.15) is 5.75 Å². The van der Waals surface area contributed by atoms with Gasteiger partial charge in [0.25, 0.3) is 0 Å². The van der Waals surface area contributed by atoms with Gasteiger partial charge in [-0.25, -0.2) is 0 Å². The van der Waals surface area contributed by atoms with Gasteiger partial charge >= 0.3 is 0 Å². The van der Waals surface area contributed by atoms with Crippen LogP contribution in [-0.2, 0) is 0 Å². The molecule has 3 N–H and O–H groups in total. The molecule has 2 aliphatic heterocycles. The molecule has 110 valence electrons. The van der Waals surface area contributed by atoms with Gasteiger partial charge in [-0.15, -0.1) is 0 Å². The first-order valence-corrected chi connectivity index (χ1v) is 7.72. The molecule has 4 nitrogen and oxygen atoms in total. The molecular weight excluding hydrogens is 250 g/mol. The second-order valence-electron chi connectivity index (χ2n) is 6.16. The van der Waals surface area contributed by atoms with Crippen LogP contribution in [0, 0.1) is 0 Å². The molecule has 0 saturated carbocycles. The highest BCUT2D eigenvalue weighted by Gasteiger charge is 2.29. The summed E-state index contributed by atoms with van der Waals surface area (Å²) in [7, 11) is 0. The van der Waals surface area contributed by atoms with E-state index in [-0.39, 0.29) is 6.04 Å². The summed E-state index contributed by atoms with van der Waals surface area (Å²) in [6, 6.07) is 6.47. The molecule has 1 aromatic carbocycles. The van der Waals surface area contributed by atoms with E-state index in [0.29, 0.717) is 11.8 Å². The second-order valence-corrected chi connectivity index (χ2v) is 6.16. The number of nitrogens with zero attached hydrogens (tertiary/aromatic N) is 2. The van der Waals surface area contributed by atoms with Crippen molar-refractivity contribution in [3.8, 4) is 5.75 Å². The van der Waals surface area contributed by atoms with Crippen LogP contribution in [-0.4, -0.2) is 42.2 Å². The minimum Gasteiger partial charge on any atom is -0.508 e. The van der Waals surface area contributed by atoms with Crippen LogP contribution in [0.3, 0.4) is 0 Å². The summed E-state index contributed by atoms with van der Waals surface area (Å²) in [5, 5.41) is 10.1. The van der Waals surface area contributed by atoms with Gasteiger partial charge in [-0.05, 0) is 45.3 Å². The Labute approximate surface area is 121 Å². The number of hydrogen-bond acceptors (Lipinski definition) is 4. The van der Waals surface area contributed by atoms with Crippen LogP contribution < -0.4 is 10.6 Å². The molecular formula is C16H25N3O. The fraction of sp³-hybridized carbons (Fsp3) is 0.625. The highest BCUT2D eigenvalue weighted by atomic mass is 16.3. The lowest BCUT2D eigenvalue weighted by molar-refractivity contribution is 0.260. The van der Waals surface area contributed by atoms with Crippen molar-refractivity contribution in [3.05, 3.63) is 23.8 Å². The van der Waals surface area contributed by atoms with Crippen LogP contribution in [0.25, 0.3) is 0 Å². The molecule has 0 amide bonds. The maximum atomic E-state index is 10.1. The van der Waals surface area contributed by atoms with E-state index in [9.17, 15) is 5.11 Å². The molecule has 20 heavy (non-hydrogen) atoms. The van der Waals surface area contributed by atoms with E-state index in [2.05, 4.69) is 15.9 Å². The summed E-state index contributed by atoms with van der Waals surface area (Å²) >= 11 is 0. The Hall–Kier alpha value is -1.26. The van der Waals surface area contributed by atoms with Crippen LogP contribution in [0.2, 0.25) is 0 Å². The Balaban J connectivity index is 1.69. The summed E-state index contributed by atoms with van der Waals surface area (Å²) in [5.41, 5.74) is 7.78. The van der Waals surface area contributed by atoms with E-state index in [1.807, 2.05) is 19.1 Å². The Bertz CT molecular complexity index is 469. The van der Waals surface area contributed by atoms with E-state index in [0.717, 1.165) is 24.3 Å². The number of likely N-dealkylation sites (tertiary alicyclic amines) is 1. The van der Waals surface area contributed by atoms with Gasteiger partial charge in [0, 0.05) is 42.5 Å². The Morgan fingerprint density at radius 3 is 2.65 bits per heavy atom. The minimum absolute atomic E-state index is 0.125. The number of rotatable bonds is 3. The van der Waals surface area contributed by atoms with E-state index in [1.165, 1.54) is 32.4 Å². The quantitative estimate of drug-likeness (QED) is 0.887. The van der Waals surface area contributed by atoms with Crippen LogP contribution in [0.5, 0.6) is 5.75 Å². The molecule has 2 heterocycles. The standard InChI is InChI=1S/C16H25N3O/c1-12(17)15-5-4-13(10-16(15)20)19-9-6-14(11-19)18-7-2-3-8-18/h4-5,10,12,14,20H,2-3,6-9,11,17H2,1H3. The van der Waals surface area contributed by atoms with Crippen molar-refractivity contribution in [2.24, 2.45) is 5.73 Å². The van der Waals surface area contributed by atoms with Gasteiger partial charge < -0.3 is 15.7 Å². The van der Waals surface area contributed by atoms with Crippen LogP contribution in [0.1, 0.15) is 37.8 Å². The SMILES string of the molecule is CC(N)c1ccc(N2CCC(N3CCCC3)C2)cc1O. The van der Waals surface area contributed by atoms with E-state index in [1.54, 1.807) is 0 Å². The molecule has 4 heteroatoms. The third-order valence-electron chi connectivity index (χ3n) is 4.69. The average Bonchev–Trinajstić information content (AvgIpc) is 3.09. The fourth-order valence-corrected chi connectivity index (χ4v) is 3.49. The molecule has 2 fully saturated rings. The van der Waals surface area contributed by atoms with Gasteiger partial charge in [0.2, 0.25) is 0 Å². The third kappa shape index (κ3) is 2.63. The highest BCUT2D eigenvalue weighted by Crippen LogP contribution is 2.31. The third-order valence-corrected chi connectivity index (χ3v) is 4.69. The maximum Gasteiger partial charge on any atom is 0.122 e. The zero-order chi connectivity index (χ0) is 14.1. The van der Waals surface area contributed by atoms with Crippen LogP contribution in [0.4, 0.5) is 5.69 Å². The fourth-order valence-electron chi connectivity index (χ4n) is 3.49. The van der Waals surface area contributed by atoms with Gasteiger partial charge in [-0.2, -0.15) is 0 Å². The van der Waals surface area contributed by atoms with Crippen LogP contribution in [0.15, 0.2) is 18.2 Å². The average molecular weight is 275 g/mol. The molecule has 2 aliphatic rings. The highest BCUT2D eigenvalue weighted by molar-refractivity contribution is 5.54. The first-order valence-electron chi connectivity index (χ1n) is 7.72. The molecule has 1 aromatic rings. The van der Waals surface area contributed by atoms with Crippen molar-refractivity contribution < 1.29 is 5.11 Å². The monoisotopic (exact) mass is 275 g/mol. The van der Waals surface area contributed by atoms with E-state index < -0.39 is 0 Å². The number of nitrogens with two attached hydrogens (primary N) is 1. The van der Waals surface area contributed by atoms with Gasteiger partial charge in [0.05, 0.1) is 0 Å². The second kappa shape index (κ2) is 5.62. The first-order chi connectivity index (χ1) is 9.65. The van der Waals surface area contributed by atoms with Gasteiger partial charge in [0.15, 0.2) is 0 Å². The van der Waals surface area contributed by atoms with E-state index in [4.69, 9.17) is 5.73 Å². The lowest BCUT2D eigenvalue weighted by Gasteiger charge is -2.25. The smallest absolute Gasteiger partial charge is 0.122 e. The summed E-state index contributed by atoms with van der Waals surface area (Å²) in [6.07, 6.45) is 3.93. The molecule has 0 aromatic heterocycles. The van der Waals surface area contributed by atoms with Crippen LogP contribution >= 0.6 is 0 Å². The number of hydrogen-bond donors (Lipinski definition) is 2. The van der Waals surface area contributed by atoms with E-state index >= 15 is 0 Å². The maximum absolute atomic E-state index is 10.1. The van der Waals surface area contributed by atoms with Crippen molar-refractivity contribution in [1.29, 1.82) is 0 Å². The number of benzene rings is 1. The van der Waals surface area contributed by atoms with Gasteiger partial charge in [-0.3, -0.25) is 4.90 Å². The molecule has 0 bridgehead atoms. The van der Waals surface area contributed by atoms with Crippen molar-refractivity contribution in [1.82, 2.24) is 4.90 Å². The molecule has 0 spiro atoms. The van der Waals surface area contributed by atoms with Gasteiger partial charge in [-0.1, -0.05) is 6.07 Å². The predicted molar refractivity (Wildman–Crippen MR) is 82.1 cm³/mol. The number of aromatic hydroxyl groups is 1. The lowest BCUT2D eigenvalue weighted by Crippen LogP contribution is -2.35. The topological polar surface area (TPSA) is 52.7 Å². The Morgan fingerprint density at radius 1 is 1.25 bits per heavy atom. The lowest BCUT2D eigenvalue weighted by atomic mass is 10.1. The number of anilines is 1. The van der Waals surface area contributed by atoms with Crippen molar-refractivity contribution in [3.63, 3.8) is 0 Å². The zero-order valence-electron chi connectivity index (χ0n) is 12.3. The zero-order valence-corrected chi connectivity index (χ0v) is 12.3. The van der Waals surface area contributed by atoms with Crippen molar-refractivity contribution in [2.45, 2.75) is 38.3 Å². The molecule has 2 unspecified atom stereocenters. The molecule has 0 aliphatic carbocycles. The van der Waals surface area contributed by atoms with Crippen molar-refractivity contribution in [2.75, 3.05) is 31.1 Å². The predicted octanol–water partition coefficient (Wildman–Crippen LogP) is 2.09. The normalized spacial score (nSPS) is 25.3. The Morgan fingerprint density at radius 2 is 2.00 bits per heavy atom. The Kier molecular flexibility index (Phi) is 3.85. The summed E-state index contributed by atoms with van der Waals surface area (Å²) < 4.78 is 0. The molecule has 2 saturated heterocycles. The molecule has 3 rings (SSSR count). The summed E-state index contributed by atoms with van der Waals surface area (Å²) in [4.78, 5) is 5.00. The number of phenolic OH excluding ortho intramolecular Hbond substituents is 1. The first kappa shape index (κ1) is 13.7. The molecule has 0 radical (unpaired) electrons. The number of phenols is 1.